The SMILES string of the molecule is Cc1c(C#N)c(NC(=O)CSc2nnc(C3CC3)n2Cc2ccco2)n(C2CCCC2)c1C. The van der Waals surface area contributed by atoms with Gasteiger partial charge in [0.15, 0.2) is 5.16 Å². The predicted molar refractivity (Wildman–Crippen MR) is 125 cm³/mol. The van der Waals surface area contributed by atoms with Gasteiger partial charge in [-0.15, -0.1) is 10.2 Å². The van der Waals surface area contributed by atoms with Crippen molar-refractivity contribution in [2.45, 2.75) is 76.0 Å². The molecule has 0 unspecified atom stereocenters. The summed E-state index contributed by atoms with van der Waals surface area (Å²) >= 11 is 1.37. The van der Waals surface area contributed by atoms with Gasteiger partial charge in [0.25, 0.3) is 0 Å². The molecule has 9 heteroatoms. The molecule has 2 aliphatic carbocycles. The van der Waals surface area contributed by atoms with Crippen LogP contribution in [-0.2, 0) is 11.3 Å². The van der Waals surface area contributed by atoms with Gasteiger partial charge in [-0.2, -0.15) is 5.26 Å². The molecular weight excluding hydrogens is 436 g/mol. The van der Waals surface area contributed by atoms with Crippen LogP contribution in [0.25, 0.3) is 0 Å². The molecule has 0 radical (unpaired) electrons. The fourth-order valence-electron chi connectivity index (χ4n) is 4.76. The lowest BCUT2D eigenvalue weighted by Crippen LogP contribution is -2.20. The Morgan fingerprint density at radius 1 is 1.27 bits per heavy atom. The number of hydrogen-bond acceptors (Lipinski definition) is 6. The number of hydrogen-bond donors (Lipinski definition) is 1. The maximum atomic E-state index is 13.0. The van der Waals surface area contributed by atoms with Gasteiger partial charge in [0.2, 0.25) is 5.91 Å². The normalized spacial score (nSPS) is 16.3. The van der Waals surface area contributed by atoms with Gasteiger partial charge in [-0.1, -0.05) is 24.6 Å². The Morgan fingerprint density at radius 2 is 2.06 bits per heavy atom. The monoisotopic (exact) mass is 464 g/mol. The van der Waals surface area contributed by atoms with E-state index >= 15 is 0 Å². The summed E-state index contributed by atoms with van der Waals surface area (Å²) in [5.74, 6) is 2.92. The van der Waals surface area contributed by atoms with Crippen molar-refractivity contribution >= 4 is 23.5 Å². The first kappa shape index (κ1) is 21.8. The first-order chi connectivity index (χ1) is 16.1. The van der Waals surface area contributed by atoms with Crippen LogP contribution in [0.4, 0.5) is 5.82 Å². The molecule has 33 heavy (non-hydrogen) atoms. The zero-order valence-corrected chi connectivity index (χ0v) is 19.8. The highest BCUT2D eigenvalue weighted by Gasteiger charge is 2.31. The molecule has 172 valence electrons. The number of nitriles is 1. The quantitative estimate of drug-likeness (QED) is 0.474. The number of thioether (sulfide) groups is 1. The maximum Gasteiger partial charge on any atom is 0.235 e. The number of anilines is 1. The predicted octanol–water partition coefficient (Wildman–Crippen LogP) is 4.93. The van der Waals surface area contributed by atoms with Crippen molar-refractivity contribution in [2.24, 2.45) is 0 Å². The minimum atomic E-state index is -0.145. The van der Waals surface area contributed by atoms with Crippen molar-refractivity contribution in [3.63, 3.8) is 0 Å². The van der Waals surface area contributed by atoms with E-state index in [1.165, 1.54) is 24.6 Å². The highest BCUT2D eigenvalue weighted by Crippen LogP contribution is 2.40. The summed E-state index contributed by atoms with van der Waals surface area (Å²) in [6, 6.07) is 6.45. The summed E-state index contributed by atoms with van der Waals surface area (Å²) in [5.41, 5.74) is 2.57. The standard InChI is InChI=1S/C24H28N6O2S/c1-15-16(2)30(18-6-3-4-7-18)23(20(15)12-25)26-21(31)14-33-24-28-27-22(17-9-10-17)29(24)13-19-8-5-11-32-19/h5,8,11,17-18H,3-4,6-7,9-10,13-14H2,1-2H3,(H,26,31). The molecule has 0 aliphatic heterocycles. The van der Waals surface area contributed by atoms with Crippen LogP contribution in [0.3, 0.4) is 0 Å². The Balaban J connectivity index is 1.33. The Kier molecular flexibility index (Phi) is 6.02. The Morgan fingerprint density at radius 3 is 2.73 bits per heavy atom. The Labute approximate surface area is 197 Å². The first-order valence-electron chi connectivity index (χ1n) is 11.6. The zero-order valence-electron chi connectivity index (χ0n) is 19.0. The molecular formula is C24H28N6O2S. The lowest BCUT2D eigenvalue weighted by molar-refractivity contribution is -0.113. The van der Waals surface area contributed by atoms with E-state index in [1.807, 2.05) is 26.0 Å². The average Bonchev–Trinajstić information content (AvgIpc) is 3.19. The van der Waals surface area contributed by atoms with Gasteiger partial charge >= 0.3 is 0 Å². The van der Waals surface area contributed by atoms with E-state index in [9.17, 15) is 10.1 Å². The lowest BCUT2D eigenvalue weighted by Gasteiger charge is -2.19. The number of furan rings is 1. The number of aromatic nitrogens is 4. The molecule has 3 aromatic rings. The van der Waals surface area contributed by atoms with Gasteiger partial charge < -0.3 is 14.3 Å². The fourth-order valence-corrected chi connectivity index (χ4v) is 5.51. The lowest BCUT2D eigenvalue weighted by atomic mass is 10.2. The van der Waals surface area contributed by atoms with E-state index in [-0.39, 0.29) is 11.7 Å². The number of carbonyl (C=O) groups is 1. The second-order valence-electron chi connectivity index (χ2n) is 8.97. The van der Waals surface area contributed by atoms with E-state index in [0.29, 0.717) is 35.0 Å². The van der Waals surface area contributed by atoms with Crippen LogP contribution in [0.2, 0.25) is 0 Å². The summed E-state index contributed by atoms with van der Waals surface area (Å²) in [6.45, 7) is 4.55. The van der Waals surface area contributed by atoms with Crippen LogP contribution >= 0.6 is 11.8 Å². The van der Waals surface area contributed by atoms with Crippen molar-refractivity contribution in [1.82, 2.24) is 19.3 Å². The fraction of sp³-hybridized carbons (Fsp3) is 0.500. The molecule has 2 saturated carbocycles. The van der Waals surface area contributed by atoms with Crippen LogP contribution < -0.4 is 5.32 Å². The number of nitrogens with one attached hydrogen (secondary N) is 1. The first-order valence-corrected chi connectivity index (χ1v) is 12.5. The highest BCUT2D eigenvalue weighted by atomic mass is 32.2. The third-order valence-corrected chi connectivity index (χ3v) is 7.70. The van der Waals surface area contributed by atoms with Gasteiger partial charge in [-0.3, -0.25) is 9.36 Å². The van der Waals surface area contributed by atoms with Crippen molar-refractivity contribution in [1.29, 1.82) is 5.26 Å². The summed E-state index contributed by atoms with van der Waals surface area (Å²) in [6.07, 6.45) is 8.42. The van der Waals surface area contributed by atoms with Gasteiger partial charge in [-0.05, 0) is 57.2 Å². The number of rotatable bonds is 8. The van der Waals surface area contributed by atoms with Crippen LogP contribution in [0.15, 0.2) is 28.0 Å². The summed E-state index contributed by atoms with van der Waals surface area (Å²) < 4.78 is 9.76. The van der Waals surface area contributed by atoms with Crippen LogP contribution in [-0.4, -0.2) is 31.0 Å². The minimum Gasteiger partial charge on any atom is -0.467 e. The van der Waals surface area contributed by atoms with E-state index in [0.717, 1.165) is 48.5 Å². The molecule has 2 fully saturated rings. The molecule has 2 aliphatic rings. The van der Waals surface area contributed by atoms with Gasteiger partial charge in [-0.25, -0.2) is 0 Å². The van der Waals surface area contributed by atoms with Gasteiger partial charge in [0.1, 0.15) is 23.5 Å². The smallest absolute Gasteiger partial charge is 0.235 e. The molecule has 1 amide bonds. The van der Waals surface area contributed by atoms with Crippen molar-refractivity contribution < 1.29 is 9.21 Å². The van der Waals surface area contributed by atoms with Crippen LogP contribution in [0.5, 0.6) is 0 Å². The zero-order chi connectivity index (χ0) is 22.9. The molecule has 5 rings (SSSR count). The van der Waals surface area contributed by atoms with E-state index in [2.05, 4.69) is 30.7 Å². The average molecular weight is 465 g/mol. The van der Waals surface area contributed by atoms with Crippen LogP contribution in [0.1, 0.15) is 78.9 Å². The molecule has 0 spiro atoms. The highest BCUT2D eigenvalue weighted by molar-refractivity contribution is 7.99. The molecule has 1 N–H and O–H groups in total. The summed E-state index contributed by atoms with van der Waals surface area (Å²) in [5, 5.41) is 22.3. The van der Waals surface area contributed by atoms with E-state index < -0.39 is 0 Å². The van der Waals surface area contributed by atoms with E-state index in [1.54, 1.807) is 6.26 Å². The van der Waals surface area contributed by atoms with Crippen molar-refractivity contribution in [2.75, 3.05) is 11.1 Å². The third-order valence-electron chi connectivity index (χ3n) is 6.73. The van der Waals surface area contributed by atoms with Crippen molar-refractivity contribution in [3.05, 3.63) is 46.8 Å². The second-order valence-corrected chi connectivity index (χ2v) is 9.91. The Hall–Kier alpha value is -2.99. The summed E-state index contributed by atoms with van der Waals surface area (Å²) in [4.78, 5) is 13.0. The Bertz CT molecular complexity index is 1190. The van der Waals surface area contributed by atoms with E-state index in [4.69, 9.17) is 4.42 Å². The molecule has 0 saturated heterocycles. The molecule has 3 heterocycles. The number of carbonyl (C=O) groups excluding carboxylic acids is 1. The number of amides is 1. The topological polar surface area (TPSA) is 102 Å². The maximum absolute atomic E-state index is 13.0. The molecule has 8 nitrogen and oxygen atoms in total. The van der Waals surface area contributed by atoms with Gasteiger partial charge in [0, 0.05) is 17.7 Å². The second kappa shape index (κ2) is 9.10. The molecule has 0 atom stereocenters. The van der Waals surface area contributed by atoms with Crippen molar-refractivity contribution in [3.8, 4) is 6.07 Å². The largest absolute Gasteiger partial charge is 0.467 e. The summed E-state index contributed by atoms with van der Waals surface area (Å²) in [7, 11) is 0. The molecule has 3 aromatic heterocycles. The van der Waals surface area contributed by atoms with Crippen LogP contribution in [0, 0.1) is 25.2 Å². The molecule has 0 bridgehead atoms. The third kappa shape index (κ3) is 4.32. The molecule has 0 aromatic carbocycles. The number of nitrogens with zero attached hydrogens (tertiary/aromatic N) is 5. The minimum absolute atomic E-state index is 0.145. The van der Waals surface area contributed by atoms with Gasteiger partial charge in [0.05, 0.1) is 24.1 Å².